The second kappa shape index (κ2) is 7.70. The average molecular weight is 323 g/mol. The van der Waals surface area contributed by atoms with Gasteiger partial charge >= 0.3 is 0 Å². The molecule has 0 fully saturated rings. The van der Waals surface area contributed by atoms with Crippen LogP contribution in [0.5, 0.6) is 5.75 Å². The number of halogens is 1. The number of hydrogen-bond donors (Lipinski definition) is 3. The zero-order valence-corrected chi connectivity index (χ0v) is 12.6. The number of likely N-dealkylation sites (N-methyl/N-ethyl adjacent to an activating group) is 1. The lowest BCUT2D eigenvalue weighted by atomic mass is 10.3. The quantitative estimate of drug-likeness (QED) is 0.691. The highest BCUT2D eigenvalue weighted by atomic mass is 19.1. The molecule has 7 nitrogen and oxygen atoms in total. The summed E-state index contributed by atoms with van der Waals surface area (Å²) in [7, 11) is 1.49. The Labute approximate surface area is 132 Å². The Morgan fingerprint density at radius 1 is 1.48 bits per heavy atom. The minimum absolute atomic E-state index is 0.0107. The van der Waals surface area contributed by atoms with Crippen molar-refractivity contribution >= 4 is 5.91 Å². The first-order chi connectivity index (χ1) is 11.0. The maximum absolute atomic E-state index is 13.4. The van der Waals surface area contributed by atoms with Gasteiger partial charge in [-0.15, -0.1) is 0 Å². The highest BCUT2D eigenvalue weighted by molar-refractivity contribution is 5.92. The Hall–Kier alpha value is -2.45. The van der Waals surface area contributed by atoms with Gasteiger partial charge in [-0.3, -0.25) is 9.89 Å². The summed E-state index contributed by atoms with van der Waals surface area (Å²) in [6, 6.07) is 7.50. The van der Waals surface area contributed by atoms with Crippen LogP contribution in [0.4, 0.5) is 4.39 Å². The molecule has 0 aliphatic carbocycles. The number of para-hydroxylation sites is 1. The standard InChI is InChI=1S/C15H18FN3O4/c1-19(7-11(21)8-20)15(22)13-6-10(17-18-13)9-23-14-5-3-2-4-12(14)16/h2-6,11,20-21H,7-9H2,1H3,(H,17,18)/t11-/m1/s1. The topological polar surface area (TPSA) is 98.7 Å². The molecule has 0 bridgehead atoms. The summed E-state index contributed by atoms with van der Waals surface area (Å²) >= 11 is 0. The van der Waals surface area contributed by atoms with Gasteiger partial charge in [0.15, 0.2) is 17.3 Å². The maximum Gasteiger partial charge on any atom is 0.274 e. The van der Waals surface area contributed by atoms with Crippen LogP contribution >= 0.6 is 0 Å². The molecule has 124 valence electrons. The number of carbonyl (C=O) groups is 1. The fourth-order valence-electron chi connectivity index (χ4n) is 1.91. The van der Waals surface area contributed by atoms with Gasteiger partial charge in [0.1, 0.15) is 6.61 Å². The van der Waals surface area contributed by atoms with Crippen molar-refractivity contribution in [1.29, 1.82) is 0 Å². The third-order valence-corrected chi connectivity index (χ3v) is 3.11. The van der Waals surface area contributed by atoms with Gasteiger partial charge in [-0.25, -0.2) is 4.39 Å². The van der Waals surface area contributed by atoms with Crippen LogP contribution < -0.4 is 4.74 Å². The first-order valence-corrected chi connectivity index (χ1v) is 6.97. The normalized spacial score (nSPS) is 12.0. The summed E-state index contributed by atoms with van der Waals surface area (Å²) in [5.74, 6) is -0.773. The van der Waals surface area contributed by atoms with Crippen LogP contribution in [0.25, 0.3) is 0 Å². The van der Waals surface area contributed by atoms with Crippen LogP contribution in [-0.2, 0) is 6.61 Å². The number of ether oxygens (including phenoxy) is 1. The van der Waals surface area contributed by atoms with E-state index < -0.39 is 24.4 Å². The molecule has 2 rings (SSSR count). The maximum atomic E-state index is 13.4. The van der Waals surface area contributed by atoms with Crippen LogP contribution in [-0.4, -0.2) is 57.5 Å². The number of nitrogens with one attached hydrogen (secondary N) is 1. The Kier molecular flexibility index (Phi) is 5.67. The average Bonchev–Trinajstić information content (AvgIpc) is 3.02. The van der Waals surface area contributed by atoms with Crippen molar-refractivity contribution in [3.63, 3.8) is 0 Å². The van der Waals surface area contributed by atoms with Crippen molar-refractivity contribution in [2.24, 2.45) is 0 Å². The zero-order chi connectivity index (χ0) is 16.8. The number of aromatic amines is 1. The molecule has 1 heterocycles. The van der Waals surface area contributed by atoms with E-state index in [1.54, 1.807) is 12.1 Å². The molecule has 0 saturated heterocycles. The van der Waals surface area contributed by atoms with Crippen molar-refractivity contribution in [2.45, 2.75) is 12.7 Å². The second-order valence-corrected chi connectivity index (χ2v) is 5.02. The van der Waals surface area contributed by atoms with Gasteiger partial charge in [0.05, 0.1) is 18.4 Å². The van der Waals surface area contributed by atoms with Gasteiger partial charge in [-0.05, 0) is 18.2 Å². The van der Waals surface area contributed by atoms with Gasteiger partial charge in [0.25, 0.3) is 5.91 Å². The molecule has 0 spiro atoms. The minimum atomic E-state index is -1.01. The number of aliphatic hydroxyl groups is 2. The largest absolute Gasteiger partial charge is 0.484 e. The van der Waals surface area contributed by atoms with Gasteiger partial charge in [0.2, 0.25) is 0 Å². The number of benzene rings is 1. The van der Waals surface area contributed by atoms with E-state index in [-0.39, 0.29) is 24.6 Å². The number of H-pyrrole nitrogens is 1. The molecule has 1 atom stereocenters. The van der Waals surface area contributed by atoms with Crippen molar-refractivity contribution in [3.05, 3.63) is 47.5 Å². The Balaban J connectivity index is 1.95. The summed E-state index contributed by atoms with van der Waals surface area (Å²) in [5, 5.41) is 24.6. The first kappa shape index (κ1) is 16.9. The van der Waals surface area contributed by atoms with E-state index in [9.17, 15) is 14.3 Å². The molecule has 1 aromatic carbocycles. The molecular weight excluding hydrogens is 305 g/mol. The van der Waals surface area contributed by atoms with Gasteiger partial charge in [-0.2, -0.15) is 5.10 Å². The molecule has 2 aromatic rings. The highest BCUT2D eigenvalue weighted by Crippen LogP contribution is 2.17. The third kappa shape index (κ3) is 4.51. The molecular formula is C15H18FN3O4. The van der Waals surface area contributed by atoms with Crippen LogP contribution in [0.1, 0.15) is 16.2 Å². The van der Waals surface area contributed by atoms with E-state index in [0.29, 0.717) is 5.69 Å². The molecule has 23 heavy (non-hydrogen) atoms. The molecule has 0 saturated carbocycles. The van der Waals surface area contributed by atoms with E-state index >= 15 is 0 Å². The Morgan fingerprint density at radius 3 is 2.91 bits per heavy atom. The smallest absolute Gasteiger partial charge is 0.274 e. The summed E-state index contributed by atoms with van der Waals surface area (Å²) < 4.78 is 18.7. The minimum Gasteiger partial charge on any atom is -0.484 e. The number of hydrogen-bond acceptors (Lipinski definition) is 5. The predicted molar refractivity (Wildman–Crippen MR) is 79.4 cm³/mol. The van der Waals surface area contributed by atoms with E-state index in [2.05, 4.69) is 10.2 Å². The van der Waals surface area contributed by atoms with E-state index in [0.717, 1.165) is 0 Å². The monoisotopic (exact) mass is 323 g/mol. The van der Waals surface area contributed by atoms with Gasteiger partial charge in [0, 0.05) is 13.6 Å². The van der Waals surface area contributed by atoms with Crippen LogP contribution in [0.3, 0.4) is 0 Å². The molecule has 8 heteroatoms. The fraction of sp³-hybridized carbons (Fsp3) is 0.333. The molecule has 1 aromatic heterocycles. The lowest BCUT2D eigenvalue weighted by molar-refractivity contribution is 0.0516. The van der Waals surface area contributed by atoms with Crippen molar-refractivity contribution in [3.8, 4) is 5.75 Å². The Morgan fingerprint density at radius 2 is 2.22 bits per heavy atom. The number of rotatable bonds is 7. The Bertz CT molecular complexity index is 662. The number of carbonyl (C=O) groups excluding carboxylic acids is 1. The van der Waals surface area contributed by atoms with Crippen LogP contribution in [0.15, 0.2) is 30.3 Å². The molecule has 1 amide bonds. The van der Waals surface area contributed by atoms with E-state index in [1.807, 2.05) is 0 Å². The van der Waals surface area contributed by atoms with Crippen molar-refractivity contribution < 1.29 is 24.1 Å². The van der Waals surface area contributed by atoms with Gasteiger partial charge in [-0.1, -0.05) is 12.1 Å². The lowest BCUT2D eigenvalue weighted by Crippen LogP contribution is -2.36. The van der Waals surface area contributed by atoms with Gasteiger partial charge < -0.3 is 19.8 Å². The molecule has 0 radical (unpaired) electrons. The summed E-state index contributed by atoms with van der Waals surface area (Å²) in [6.45, 7) is -0.409. The van der Waals surface area contributed by atoms with Crippen LogP contribution in [0.2, 0.25) is 0 Å². The molecule has 3 N–H and O–H groups in total. The van der Waals surface area contributed by atoms with E-state index in [4.69, 9.17) is 9.84 Å². The fourth-order valence-corrected chi connectivity index (χ4v) is 1.91. The second-order valence-electron chi connectivity index (χ2n) is 5.02. The lowest BCUT2D eigenvalue weighted by Gasteiger charge is -2.18. The number of aromatic nitrogens is 2. The SMILES string of the molecule is CN(C[C@@H](O)CO)C(=O)c1cc(COc2ccccc2F)[nH]n1. The molecule has 0 aliphatic heterocycles. The summed E-state index contributed by atoms with van der Waals surface area (Å²) in [5.41, 5.74) is 0.650. The summed E-state index contributed by atoms with van der Waals surface area (Å²) in [4.78, 5) is 13.3. The first-order valence-electron chi connectivity index (χ1n) is 6.97. The summed E-state index contributed by atoms with van der Waals surface area (Å²) in [6.07, 6.45) is -1.01. The van der Waals surface area contributed by atoms with Crippen molar-refractivity contribution in [1.82, 2.24) is 15.1 Å². The predicted octanol–water partition coefficient (Wildman–Crippen LogP) is 0.553. The molecule has 0 aliphatic rings. The number of amides is 1. The number of nitrogens with zero attached hydrogens (tertiary/aromatic N) is 2. The third-order valence-electron chi connectivity index (χ3n) is 3.11. The van der Waals surface area contributed by atoms with E-state index in [1.165, 1.54) is 30.1 Å². The van der Waals surface area contributed by atoms with Crippen LogP contribution in [0, 0.1) is 5.82 Å². The zero-order valence-electron chi connectivity index (χ0n) is 12.6. The number of aliphatic hydroxyl groups excluding tert-OH is 2. The molecule has 0 unspecified atom stereocenters. The highest BCUT2D eigenvalue weighted by Gasteiger charge is 2.18. The van der Waals surface area contributed by atoms with Crippen molar-refractivity contribution in [2.75, 3.05) is 20.2 Å².